The van der Waals surface area contributed by atoms with Gasteiger partial charge in [0.15, 0.2) is 0 Å². The van der Waals surface area contributed by atoms with Gasteiger partial charge in [-0.15, -0.1) is 0 Å². The number of hydrogen-bond donors (Lipinski definition) is 2. The summed E-state index contributed by atoms with van der Waals surface area (Å²) in [6, 6.07) is 16.2. The molecular weight excluding hydrogens is 679 g/mol. The largest absolute Gasteiger partial charge is 0.508 e. The Hall–Kier alpha value is -4.56. The SMILES string of the molecule is CC/C(=C\c1cccc(O)c1)CC[C@H]1OB(O)C[C@H]2C1=C(COc1ccccc1)C[C@H]1C(=O)N(c3cc(C(F)(F)F)cc(C(F)(F)F)c3)C(=O)[C@H]12. The number of phenolic OH excluding ortho intramolecular Hbond substituents is 1. The first-order valence-corrected chi connectivity index (χ1v) is 16.5. The average Bonchev–Trinajstić information content (AvgIpc) is 3.33. The van der Waals surface area contributed by atoms with E-state index in [-0.39, 0.29) is 31.2 Å². The van der Waals surface area contributed by atoms with Crippen LogP contribution >= 0.6 is 0 Å². The van der Waals surface area contributed by atoms with E-state index in [1.54, 1.807) is 48.5 Å². The van der Waals surface area contributed by atoms with E-state index in [2.05, 4.69) is 0 Å². The lowest BCUT2D eigenvalue weighted by Gasteiger charge is -2.43. The Kier molecular flexibility index (Phi) is 10.1. The lowest BCUT2D eigenvalue weighted by Crippen LogP contribution is -2.46. The van der Waals surface area contributed by atoms with Crippen LogP contribution < -0.4 is 9.64 Å². The van der Waals surface area contributed by atoms with E-state index in [0.717, 1.165) is 11.1 Å². The van der Waals surface area contributed by atoms with Crippen molar-refractivity contribution in [1.29, 1.82) is 0 Å². The Balaban J connectivity index is 1.37. The van der Waals surface area contributed by atoms with Gasteiger partial charge in [-0.1, -0.05) is 48.9 Å². The minimum Gasteiger partial charge on any atom is -0.508 e. The zero-order chi connectivity index (χ0) is 36.7. The van der Waals surface area contributed by atoms with Crippen LogP contribution in [-0.2, 0) is 26.6 Å². The van der Waals surface area contributed by atoms with Gasteiger partial charge in [0.25, 0.3) is 0 Å². The Bertz CT molecular complexity index is 1830. The van der Waals surface area contributed by atoms with Crippen LogP contribution in [0.1, 0.15) is 49.3 Å². The molecule has 3 aliphatic rings. The monoisotopic (exact) mass is 713 g/mol. The summed E-state index contributed by atoms with van der Waals surface area (Å²) in [6.07, 6.45) is -7.85. The number of benzene rings is 3. The van der Waals surface area contributed by atoms with Gasteiger partial charge in [0, 0.05) is 0 Å². The molecule has 0 unspecified atom stereocenters. The lowest BCUT2D eigenvalue weighted by molar-refractivity contribution is -0.143. The first-order valence-electron chi connectivity index (χ1n) is 16.5. The quantitative estimate of drug-likeness (QED) is 0.101. The molecule has 2 amide bonds. The van der Waals surface area contributed by atoms with Crippen molar-refractivity contribution in [2.45, 2.75) is 57.4 Å². The summed E-state index contributed by atoms with van der Waals surface area (Å²) in [4.78, 5) is 28.5. The fourth-order valence-corrected chi connectivity index (χ4v) is 7.42. The number of anilines is 1. The second-order valence-electron chi connectivity index (χ2n) is 13.0. The molecule has 0 spiro atoms. The second-order valence-corrected chi connectivity index (χ2v) is 13.0. The Labute approximate surface area is 290 Å². The molecule has 4 atom stereocenters. The number of carbonyl (C=O) groups is 2. The van der Waals surface area contributed by atoms with Crippen molar-refractivity contribution in [2.24, 2.45) is 17.8 Å². The molecule has 51 heavy (non-hydrogen) atoms. The molecule has 14 heteroatoms. The highest BCUT2D eigenvalue weighted by atomic mass is 19.4. The fraction of sp³-hybridized carbons (Fsp3) is 0.351. The van der Waals surface area contributed by atoms with Crippen LogP contribution in [0.5, 0.6) is 11.5 Å². The summed E-state index contributed by atoms with van der Waals surface area (Å²) in [5.74, 6) is -4.32. The molecule has 0 aromatic heterocycles. The van der Waals surface area contributed by atoms with Crippen LogP contribution in [0.15, 0.2) is 89.5 Å². The maximum absolute atomic E-state index is 14.1. The van der Waals surface area contributed by atoms with Gasteiger partial charge in [0.1, 0.15) is 18.1 Å². The zero-order valence-electron chi connectivity index (χ0n) is 27.4. The summed E-state index contributed by atoms with van der Waals surface area (Å²) in [7, 11) is -1.36. The van der Waals surface area contributed by atoms with Gasteiger partial charge in [-0.2, -0.15) is 26.3 Å². The molecule has 2 heterocycles. The third-order valence-corrected chi connectivity index (χ3v) is 9.72. The number of imide groups is 1. The maximum atomic E-state index is 14.1. The van der Waals surface area contributed by atoms with E-state index in [1.807, 2.05) is 19.1 Å². The van der Waals surface area contributed by atoms with Gasteiger partial charge in [0.2, 0.25) is 11.8 Å². The zero-order valence-corrected chi connectivity index (χ0v) is 27.4. The molecule has 3 aromatic rings. The number of rotatable bonds is 9. The van der Waals surface area contributed by atoms with Gasteiger partial charge in [-0.25, -0.2) is 4.90 Å². The van der Waals surface area contributed by atoms with Crippen LogP contribution in [0.2, 0.25) is 6.32 Å². The first-order chi connectivity index (χ1) is 24.1. The maximum Gasteiger partial charge on any atom is 0.455 e. The van der Waals surface area contributed by atoms with Crippen molar-refractivity contribution in [1.82, 2.24) is 0 Å². The summed E-state index contributed by atoms with van der Waals surface area (Å²) >= 11 is 0. The molecular formula is C37H34BF6NO6. The van der Waals surface area contributed by atoms with E-state index < -0.39 is 72.0 Å². The van der Waals surface area contributed by atoms with Gasteiger partial charge < -0.3 is 19.5 Å². The first kappa shape index (κ1) is 36.2. The van der Waals surface area contributed by atoms with Crippen LogP contribution in [0.3, 0.4) is 0 Å². The molecule has 1 aliphatic carbocycles. The third kappa shape index (κ3) is 7.71. The van der Waals surface area contributed by atoms with Crippen molar-refractivity contribution in [2.75, 3.05) is 11.5 Å². The van der Waals surface area contributed by atoms with Crippen LogP contribution in [0, 0.1) is 17.8 Å². The highest BCUT2D eigenvalue weighted by Gasteiger charge is 2.58. The fourth-order valence-electron chi connectivity index (χ4n) is 7.42. The van der Waals surface area contributed by atoms with E-state index in [1.165, 1.54) is 0 Å². The van der Waals surface area contributed by atoms with Crippen molar-refractivity contribution in [3.05, 3.63) is 106 Å². The molecule has 2 N–H and O–H groups in total. The number of para-hydroxylation sites is 1. The predicted octanol–water partition coefficient (Wildman–Crippen LogP) is 8.08. The van der Waals surface area contributed by atoms with Gasteiger partial charge in [-0.05, 0) is 97.1 Å². The molecule has 3 aromatic carbocycles. The number of nitrogens with zero attached hydrogens (tertiary/aromatic N) is 1. The van der Waals surface area contributed by atoms with Crippen LogP contribution in [-0.4, -0.2) is 41.8 Å². The molecule has 6 rings (SSSR count). The molecule has 0 bridgehead atoms. The van der Waals surface area contributed by atoms with Crippen LogP contribution in [0.25, 0.3) is 6.08 Å². The molecule has 268 valence electrons. The third-order valence-electron chi connectivity index (χ3n) is 9.72. The summed E-state index contributed by atoms with van der Waals surface area (Å²) < 4.78 is 94.7. The van der Waals surface area contributed by atoms with Gasteiger partial charge in [-0.3, -0.25) is 9.59 Å². The average molecular weight is 713 g/mol. The van der Waals surface area contributed by atoms with Gasteiger partial charge >= 0.3 is 19.5 Å². The highest BCUT2D eigenvalue weighted by molar-refractivity contribution is 6.43. The van der Waals surface area contributed by atoms with Crippen LogP contribution in [0.4, 0.5) is 32.0 Å². The normalized spacial score (nSPS) is 22.7. The number of ether oxygens (including phenoxy) is 1. The number of fused-ring (bicyclic) bond motifs is 3. The molecule has 2 fully saturated rings. The highest BCUT2D eigenvalue weighted by Crippen LogP contribution is 2.52. The molecule has 0 saturated carbocycles. The number of amides is 2. The summed E-state index contributed by atoms with van der Waals surface area (Å²) in [5.41, 5.74) is -1.09. The molecule has 7 nitrogen and oxygen atoms in total. The number of carbonyl (C=O) groups excluding carboxylic acids is 2. The predicted molar refractivity (Wildman–Crippen MR) is 176 cm³/mol. The summed E-state index contributed by atoms with van der Waals surface area (Å²) in [6.45, 7) is 1.94. The van der Waals surface area contributed by atoms with Crippen molar-refractivity contribution < 1.29 is 55.5 Å². The topological polar surface area (TPSA) is 96.3 Å². The second kappa shape index (κ2) is 14.2. The number of allylic oxidation sites excluding steroid dienone is 1. The Morgan fingerprint density at radius 3 is 2.25 bits per heavy atom. The number of halogens is 6. The van der Waals surface area contributed by atoms with Crippen molar-refractivity contribution in [3.8, 4) is 11.5 Å². The van der Waals surface area contributed by atoms with E-state index in [4.69, 9.17) is 9.39 Å². The van der Waals surface area contributed by atoms with Crippen molar-refractivity contribution in [3.63, 3.8) is 0 Å². The number of aromatic hydroxyl groups is 1. The minimum absolute atomic E-state index is 0.0297. The molecule has 0 radical (unpaired) electrons. The number of alkyl halides is 6. The Morgan fingerprint density at radius 2 is 1.63 bits per heavy atom. The van der Waals surface area contributed by atoms with E-state index in [0.29, 0.717) is 53.2 Å². The van der Waals surface area contributed by atoms with E-state index in [9.17, 15) is 46.1 Å². The lowest BCUT2D eigenvalue weighted by atomic mass is 9.58. The number of hydrogen-bond acceptors (Lipinski definition) is 6. The Morgan fingerprint density at radius 1 is 0.941 bits per heavy atom. The van der Waals surface area contributed by atoms with Gasteiger partial charge in [0.05, 0.1) is 34.8 Å². The number of phenols is 1. The smallest absolute Gasteiger partial charge is 0.455 e. The summed E-state index contributed by atoms with van der Waals surface area (Å²) in [5, 5.41) is 20.8. The van der Waals surface area contributed by atoms with Crippen molar-refractivity contribution >= 4 is 30.7 Å². The molecule has 2 saturated heterocycles. The molecule has 2 aliphatic heterocycles. The minimum atomic E-state index is -5.18. The van der Waals surface area contributed by atoms with E-state index >= 15 is 0 Å². The standard InChI is InChI=1S/C37H34BF6NO6/c1-2-21(13-22-7-6-8-27(46)14-22)11-12-31-32-23(20-50-28-9-4-3-5-10-28)15-29-33(30(32)19-38(49)51-31)35(48)45(34(29)47)26-17-24(36(39,40)41)16-25(18-26)37(42,43)44/h3-10,13-14,16-18,29-31,33,46,49H,2,11-12,15,19-20H2,1H3/b21-13+/t29-,30+,31-,33-/m1/s1.